The third-order valence-electron chi connectivity index (χ3n) is 2.85. The molecule has 0 heterocycles. The van der Waals surface area contributed by atoms with Gasteiger partial charge in [-0.05, 0) is 42.8 Å². The molecule has 1 amide bonds. The van der Waals surface area contributed by atoms with Crippen molar-refractivity contribution in [2.75, 3.05) is 11.1 Å². The second-order valence-corrected chi connectivity index (χ2v) is 4.33. The monoisotopic (exact) mass is 269 g/mol. The number of nitriles is 1. The van der Waals surface area contributed by atoms with Gasteiger partial charge in [-0.3, -0.25) is 4.79 Å². The molecule has 0 aliphatic carbocycles. The first kappa shape index (κ1) is 13.6. The van der Waals surface area contributed by atoms with E-state index in [9.17, 15) is 9.18 Å². The quantitative estimate of drug-likeness (QED) is 0.823. The van der Waals surface area contributed by atoms with Crippen LogP contribution in [0.25, 0.3) is 0 Å². The number of halogens is 1. The third-order valence-corrected chi connectivity index (χ3v) is 2.85. The van der Waals surface area contributed by atoms with E-state index in [1.807, 2.05) is 0 Å². The molecular weight excluding hydrogens is 257 g/mol. The maximum absolute atomic E-state index is 13.2. The van der Waals surface area contributed by atoms with Gasteiger partial charge < -0.3 is 11.1 Å². The molecule has 20 heavy (non-hydrogen) atoms. The number of benzene rings is 2. The summed E-state index contributed by atoms with van der Waals surface area (Å²) >= 11 is 0. The number of carbonyl (C=O) groups is 1. The Hall–Kier alpha value is -2.87. The molecule has 2 aromatic carbocycles. The Labute approximate surface area is 115 Å². The number of nitrogens with one attached hydrogen (secondary N) is 1. The van der Waals surface area contributed by atoms with Gasteiger partial charge in [-0.1, -0.05) is 6.07 Å². The lowest BCUT2D eigenvalue weighted by atomic mass is 10.1. The number of nitrogen functional groups attached to an aromatic ring is 1. The summed E-state index contributed by atoms with van der Waals surface area (Å²) in [5.74, 6) is -0.976. The lowest BCUT2D eigenvalue weighted by Crippen LogP contribution is -2.14. The Morgan fingerprint density at radius 1 is 1.30 bits per heavy atom. The standard InChI is InChI=1S/C15H12FN3O/c1-9-2-3-11(18)7-13(9)15(20)19-12-4-5-14(16)10(6-12)8-17/h2-7H,18H2,1H3,(H,19,20). The molecule has 0 atom stereocenters. The molecule has 0 aromatic heterocycles. The van der Waals surface area contributed by atoms with Gasteiger partial charge in [-0.15, -0.1) is 0 Å². The summed E-state index contributed by atoms with van der Waals surface area (Å²) in [4.78, 5) is 12.1. The van der Waals surface area contributed by atoms with Gasteiger partial charge in [-0.25, -0.2) is 4.39 Å². The van der Waals surface area contributed by atoms with Gasteiger partial charge in [-0.2, -0.15) is 5.26 Å². The van der Waals surface area contributed by atoms with Crippen LogP contribution in [0.4, 0.5) is 15.8 Å². The minimum Gasteiger partial charge on any atom is -0.399 e. The van der Waals surface area contributed by atoms with Crippen LogP contribution in [-0.4, -0.2) is 5.91 Å². The van der Waals surface area contributed by atoms with Crippen LogP contribution in [0.15, 0.2) is 36.4 Å². The zero-order chi connectivity index (χ0) is 14.7. The van der Waals surface area contributed by atoms with Crippen LogP contribution >= 0.6 is 0 Å². The van der Waals surface area contributed by atoms with E-state index in [4.69, 9.17) is 11.0 Å². The minimum absolute atomic E-state index is 0.118. The number of hydrogen-bond donors (Lipinski definition) is 2. The van der Waals surface area contributed by atoms with Crippen molar-refractivity contribution in [2.45, 2.75) is 6.92 Å². The lowest BCUT2D eigenvalue weighted by Gasteiger charge is -2.09. The maximum atomic E-state index is 13.2. The largest absolute Gasteiger partial charge is 0.399 e. The van der Waals surface area contributed by atoms with Crippen LogP contribution in [-0.2, 0) is 0 Å². The zero-order valence-corrected chi connectivity index (χ0v) is 10.8. The van der Waals surface area contributed by atoms with E-state index in [1.165, 1.54) is 12.1 Å². The van der Waals surface area contributed by atoms with Gasteiger partial charge in [0.05, 0.1) is 5.56 Å². The van der Waals surface area contributed by atoms with Crippen LogP contribution in [0.2, 0.25) is 0 Å². The number of hydrogen-bond acceptors (Lipinski definition) is 3. The van der Waals surface area contributed by atoms with E-state index >= 15 is 0 Å². The first-order valence-corrected chi connectivity index (χ1v) is 5.88. The summed E-state index contributed by atoms with van der Waals surface area (Å²) in [5, 5.41) is 11.4. The molecular formula is C15H12FN3O. The average molecular weight is 269 g/mol. The molecule has 5 heteroatoms. The first-order valence-electron chi connectivity index (χ1n) is 5.88. The maximum Gasteiger partial charge on any atom is 0.256 e. The fourth-order valence-electron chi connectivity index (χ4n) is 1.77. The number of amides is 1. The molecule has 0 unspecified atom stereocenters. The van der Waals surface area contributed by atoms with Crippen LogP contribution in [0.5, 0.6) is 0 Å². The molecule has 0 aliphatic rings. The Kier molecular flexibility index (Phi) is 3.67. The molecule has 0 aliphatic heterocycles. The highest BCUT2D eigenvalue weighted by Gasteiger charge is 2.11. The van der Waals surface area contributed by atoms with Crippen molar-refractivity contribution in [1.29, 1.82) is 5.26 Å². The smallest absolute Gasteiger partial charge is 0.256 e. The fourth-order valence-corrected chi connectivity index (χ4v) is 1.77. The van der Waals surface area contributed by atoms with Crippen molar-refractivity contribution in [3.05, 3.63) is 58.9 Å². The van der Waals surface area contributed by atoms with Gasteiger partial charge in [0, 0.05) is 16.9 Å². The molecule has 0 fully saturated rings. The number of nitrogens with zero attached hydrogens (tertiary/aromatic N) is 1. The predicted molar refractivity (Wildman–Crippen MR) is 74.7 cm³/mol. The van der Waals surface area contributed by atoms with Crippen molar-refractivity contribution in [2.24, 2.45) is 0 Å². The highest BCUT2D eigenvalue weighted by molar-refractivity contribution is 6.05. The van der Waals surface area contributed by atoms with Crippen LogP contribution in [0.1, 0.15) is 21.5 Å². The summed E-state index contributed by atoms with van der Waals surface area (Å²) in [5.41, 5.74) is 7.59. The molecule has 0 saturated carbocycles. The third kappa shape index (κ3) is 2.75. The summed E-state index contributed by atoms with van der Waals surface area (Å²) in [6.07, 6.45) is 0. The second kappa shape index (κ2) is 5.41. The average Bonchev–Trinajstić information content (AvgIpc) is 2.43. The van der Waals surface area contributed by atoms with Crippen molar-refractivity contribution in [1.82, 2.24) is 0 Å². The Morgan fingerprint density at radius 2 is 2.05 bits per heavy atom. The van der Waals surface area contributed by atoms with Gasteiger partial charge >= 0.3 is 0 Å². The van der Waals surface area contributed by atoms with Gasteiger partial charge in [0.1, 0.15) is 11.9 Å². The number of anilines is 2. The second-order valence-electron chi connectivity index (χ2n) is 4.33. The minimum atomic E-state index is -0.620. The predicted octanol–water partition coefficient (Wildman–Crippen LogP) is 2.84. The molecule has 0 saturated heterocycles. The zero-order valence-electron chi connectivity index (χ0n) is 10.8. The molecule has 0 bridgehead atoms. The van der Waals surface area contributed by atoms with Crippen LogP contribution in [0.3, 0.4) is 0 Å². The van der Waals surface area contributed by atoms with Crippen LogP contribution < -0.4 is 11.1 Å². The van der Waals surface area contributed by atoms with Gasteiger partial charge in [0.15, 0.2) is 0 Å². The normalized spacial score (nSPS) is 9.85. The summed E-state index contributed by atoms with van der Waals surface area (Å²) in [6.45, 7) is 1.79. The van der Waals surface area contributed by atoms with Crippen LogP contribution in [0, 0.1) is 24.1 Å². The fraction of sp³-hybridized carbons (Fsp3) is 0.0667. The first-order chi connectivity index (χ1) is 9.51. The van der Waals surface area contributed by atoms with Crippen molar-refractivity contribution in [3.8, 4) is 6.07 Å². The summed E-state index contributed by atoms with van der Waals surface area (Å²) in [6, 6.07) is 10.6. The highest BCUT2D eigenvalue weighted by Crippen LogP contribution is 2.17. The van der Waals surface area contributed by atoms with Crippen molar-refractivity contribution in [3.63, 3.8) is 0 Å². The van der Waals surface area contributed by atoms with E-state index < -0.39 is 5.82 Å². The van der Waals surface area contributed by atoms with Crippen molar-refractivity contribution >= 4 is 17.3 Å². The van der Waals surface area contributed by atoms with E-state index in [1.54, 1.807) is 31.2 Å². The SMILES string of the molecule is Cc1ccc(N)cc1C(=O)Nc1ccc(F)c(C#N)c1. The molecule has 3 N–H and O–H groups in total. The summed E-state index contributed by atoms with van der Waals surface area (Å²) < 4.78 is 13.2. The van der Waals surface area contributed by atoms with Gasteiger partial charge in [0.25, 0.3) is 5.91 Å². The number of carbonyl (C=O) groups excluding carboxylic acids is 1. The Balaban J connectivity index is 2.28. The van der Waals surface area contributed by atoms with Crippen molar-refractivity contribution < 1.29 is 9.18 Å². The van der Waals surface area contributed by atoms with E-state index in [2.05, 4.69) is 5.32 Å². The summed E-state index contributed by atoms with van der Waals surface area (Å²) in [7, 11) is 0. The van der Waals surface area contributed by atoms with Gasteiger partial charge in [0.2, 0.25) is 0 Å². The molecule has 4 nitrogen and oxygen atoms in total. The Morgan fingerprint density at radius 3 is 2.75 bits per heavy atom. The highest BCUT2D eigenvalue weighted by atomic mass is 19.1. The molecule has 0 radical (unpaired) electrons. The van der Waals surface area contributed by atoms with E-state index in [0.717, 1.165) is 11.6 Å². The van der Waals surface area contributed by atoms with E-state index in [-0.39, 0.29) is 11.5 Å². The number of rotatable bonds is 2. The number of nitrogens with two attached hydrogens (primary N) is 1. The molecule has 100 valence electrons. The molecule has 0 spiro atoms. The molecule has 2 rings (SSSR count). The topological polar surface area (TPSA) is 78.9 Å². The van der Waals surface area contributed by atoms with E-state index in [0.29, 0.717) is 16.9 Å². The Bertz CT molecular complexity index is 720. The molecule has 2 aromatic rings. The lowest BCUT2D eigenvalue weighted by molar-refractivity contribution is 0.102. The number of aryl methyl sites for hydroxylation is 1.